The summed E-state index contributed by atoms with van der Waals surface area (Å²) in [5.41, 5.74) is 1.56. The quantitative estimate of drug-likeness (QED) is 0.484. The highest BCUT2D eigenvalue weighted by Crippen LogP contribution is 2.16. The van der Waals surface area contributed by atoms with Gasteiger partial charge in [-0.15, -0.1) is 0 Å². The lowest BCUT2D eigenvalue weighted by molar-refractivity contribution is -0.110. The first-order chi connectivity index (χ1) is 10.6. The standard InChI is InChI=1S/C18H13NO3/c1-12-10-16(20)8-9-17(12)19-22-18(21)15-7-6-13-4-2-3-5-14(13)11-15/h2-11H,1H3/b19-17-. The number of ketones is 1. The second kappa shape index (κ2) is 5.77. The molecule has 0 unspecified atom stereocenters. The lowest BCUT2D eigenvalue weighted by Gasteiger charge is -2.05. The summed E-state index contributed by atoms with van der Waals surface area (Å²) in [7, 11) is 0. The number of carbonyl (C=O) groups is 2. The number of hydrogen-bond acceptors (Lipinski definition) is 4. The van der Waals surface area contributed by atoms with Crippen LogP contribution in [-0.4, -0.2) is 17.5 Å². The topological polar surface area (TPSA) is 55.7 Å². The van der Waals surface area contributed by atoms with Crippen LogP contribution >= 0.6 is 0 Å². The van der Waals surface area contributed by atoms with Gasteiger partial charge in [-0.2, -0.15) is 0 Å². The van der Waals surface area contributed by atoms with E-state index in [0.29, 0.717) is 16.8 Å². The molecule has 4 nitrogen and oxygen atoms in total. The Hall–Kier alpha value is -3.01. The Morgan fingerprint density at radius 3 is 2.59 bits per heavy atom. The molecule has 4 heteroatoms. The van der Waals surface area contributed by atoms with Crippen LogP contribution in [0.5, 0.6) is 0 Å². The number of nitrogens with zero attached hydrogens (tertiary/aromatic N) is 1. The Morgan fingerprint density at radius 1 is 1.05 bits per heavy atom. The van der Waals surface area contributed by atoms with E-state index >= 15 is 0 Å². The van der Waals surface area contributed by atoms with Gasteiger partial charge in [-0.05, 0) is 53.6 Å². The summed E-state index contributed by atoms with van der Waals surface area (Å²) in [4.78, 5) is 28.2. The molecule has 0 aromatic heterocycles. The number of carbonyl (C=O) groups excluding carboxylic acids is 2. The maximum Gasteiger partial charge on any atom is 0.365 e. The molecule has 3 rings (SSSR count). The second-order valence-electron chi connectivity index (χ2n) is 4.98. The average molecular weight is 291 g/mol. The maximum absolute atomic E-state index is 12.1. The minimum Gasteiger partial charge on any atom is -0.312 e. The summed E-state index contributed by atoms with van der Waals surface area (Å²) in [6.07, 6.45) is 4.36. The van der Waals surface area contributed by atoms with E-state index in [-0.39, 0.29) is 5.78 Å². The molecular weight excluding hydrogens is 278 g/mol. The van der Waals surface area contributed by atoms with Crippen molar-refractivity contribution < 1.29 is 14.4 Å². The molecule has 0 saturated carbocycles. The van der Waals surface area contributed by atoms with E-state index in [1.165, 1.54) is 18.2 Å². The van der Waals surface area contributed by atoms with Crippen LogP contribution in [0.2, 0.25) is 0 Å². The summed E-state index contributed by atoms with van der Waals surface area (Å²) < 4.78 is 0. The van der Waals surface area contributed by atoms with E-state index in [0.717, 1.165) is 10.8 Å². The molecule has 0 N–H and O–H groups in total. The SMILES string of the molecule is CC1=CC(=O)C=C/C1=N/OC(=O)c1ccc2ccccc2c1. The van der Waals surface area contributed by atoms with Gasteiger partial charge in [0.15, 0.2) is 5.78 Å². The zero-order chi connectivity index (χ0) is 15.5. The highest BCUT2D eigenvalue weighted by molar-refractivity contribution is 6.19. The first kappa shape index (κ1) is 13.9. The lowest BCUT2D eigenvalue weighted by atomic mass is 10.1. The van der Waals surface area contributed by atoms with Crippen LogP contribution in [0, 0.1) is 0 Å². The zero-order valence-electron chi connectivity index (χ0n) is 11.9. The summed E-state index contributed by atoms with van der Waals surface area (Å²) in [5, 5.41) is 5.83. The predicted octanol–water partition coefficient (Wildman–Crippen LogP) is 3.44. The van der Waals surface area contributed by atoms with Gasteiger partial charge in [0.2, 0.25) is 0 Å². The van der Waals surface area contributed by atoms with E-state index < -0.39 is 5.97 Å². The normalized spacial score (nSPS) is 16.0. The number of rotatable bonds is 2. The Balaban J connectivity index is 1.80. The van der Waals surface area contributed by atoms with Gasteiger partial charge in [0, 0.05) is 0 Å². The number of benzene rings is 2. The molecule has 0 bridgehead atoms. The first-order valence-corrected chi connectivity index (χ1v) is 6.82. The minimum absolute atomic E-state index is 0.0997. The molecule has 0 heterocycles. The van der Waals surface area contributed by atoms with E-state index in [9.17, 15) is 9.59 Å². The summed E-state index contributed by atoms with van der Waals surface area (Å²) in [6.45, 7) is 1.74. The van der Waals surface area contributed by atoms with Gasteiger partial charge >= 0.3 is 5.97 Å². The average Bonchev–Trinajstić information content (AvgIpc) is 2.53. The fourth-order valence-corrected chi connectivity index (χ4v) is 2.19. The molecule has 2 aromatic rings. The molecule has 1 aliphatic rings. The molecule has 22 heavy (non-hydrogen) atoms. The van der Waals surface area contributed by atoms with E-state index in [4.69, 9.17) is 4.84 Å². The van der Waals surface area contributed by atoms with Crippen molar-refractivity contribution in [3.8, 4) is 0 Å². The van der Waals surface area contributed by atoms with Gasteiger partial charge in [-0.3, -0.25) is 4.79 Å². The van der Waals surface area contributed by atoms with Crippen LogP contribution in [0.4, 0.5) is 0 Å². The van der Waals surface area contributed by atoms with Crippen molar-refractivity contribution in [3.05, 3.63) is 71.8 Å². The molecule has 2 aromatic carbocycles. The molecule has 0 saturated heterocycles. The van der Waals surface area contributed by atoms with Crippen LogP contribution < -0.4 is 0 Å². The van der Waals surface area contributed by atoms with Crippen molar-refractivity contribution in [2.45, 2.75) is 6.92 Å². The Bertz CT molecular complexity index is 860. The largest absolute Gasteiger partial charge is 0.365 e. The smallest absolute Gasteiger partial charge is 0.312 e. The molecule has 108 valence electrons. The predicted molar refractivity (Wildman–Crippen MR) is 84.7 cm³/mol. The molecule has 0 aliphatic heterocycles. The highest BCUT2D eigenvalue weighted by Gasteiger charge is 2.11. The number of allylic oxidation sites excluding steroid dienone is 4. The van der Waals surface area contributed by atoms with Crippen LogP contribution in [0.15, 0.2) is 71.4 Å². The van der Waals surface area contributed by atoms with Crippen molar-refractivity contribution in [2.24, 2.45) is 5.16 Å². The highest BCUT2D eigenvalue weighted by atomic mass is 16.7. The minimum atomic E-state index is -0.531. The molecular formula is C18H13NO3. The number of fused-ring (bicyclic) bond motifs is 1. The van der Waals surface area contributed by atoms with Crippen LogP contribution in [0.25, 0.3) is 10.8 Å². The first-order valence-electron chi connectivity index (χ1n) is 6.82. The van der Waals surface area contributed by atoms with Crippen molar-refractivity contribution in [1.29, 1.82) is 0 Å². The molecule has 0 fully saturated rings. The van der Waals surface area contributed by atoms with Crippen LogP contribution in [-0.2, 0) is 9.63 Å². The van der Waals surface area contributed by atoms with Gasteiger partial charge in [0.05, 0.1) is 5.56 Å². The number of oxime groups is 1. The van der Waals surface area contributed by atoms with Gasteiger partial charge in [0.25, 0.3) is 0 Å². The Labute approximate surface area is 127 Å². The summed E-state index contributed by atoms with van der Waals surface area (Å²) >= 11 is 0. The number of hydrogen-bond donors (Lipinski definition) is 0. The Morgan fingerprint density at radius 2 is 1.82 bits per heavy atom. The molecule has 1 aliphatic carbocycles. The zero-order valence-corrected chi connectivity index (χ0v) is 11.9. The fraction of sp³-hybridized carbons (Fsp3) is 0.0556. The third-order valence-electron chi connectivity index (χ3n) is 3.38. The molecule has 0 radical (unpaired) electrons. The molecule has 0 spiro atoms. The van der Waals surface area contributed by atoms with Gasteiger partial charge < -0.3 is 4.84 Å². The molecule has 0 amide bonds. The van der Waals surface area contributed by atoms with E-state index in [1.54, 1.807) is 19.1 Å². The second-order valence-corrected chi connectivity index (χ2v) is 4.98. The van der Waals surface area contributed by atoms with Crippen molar-refractivity contribution in [1.82, 2.24) is 0 Å². The summed E-state index contributed by atoms with van der Waals surface area (Å²) in [5.74, 6) is -0.631. The third-order valence-corrected chi connectivity index (χ3v) is 3.38. The molecule has 0 atom stereocenters. The third kappa shape index (κ3) is 2.86. The lowest BCUT2D eigenvalue weighted by Crippen LogP contribution is -2.08. The van der Waals surface area contributed by atoms with Gasteiger partial charge in [-0.1, -0.05) is 35.5 Å². The summed E-state index contributed by atoms with van der Waals surface area (Å²) in [6, 6.07) is 13.1. The van der Waals surface area contributed by atoms with Crippen LogP contribution in [0.1, 0.15) is 17.3 Å². The monoisotopic (exact) mass is 291 g/mol. The van der Waals surface area contributed by atoms with Crippen molar-refractivity contribution in [2.75, 3.05) is 0 Å². The van der Waals surface area contributed by atoms with Gasteiger partial charge in [-0.25, -0.2) is 4.79 Å². The van der Waals surface area contributed by atoms with Crippen molar-refractivity contribution >= 4 is 28.2 Å². The van der Waals surface area contributed by atoms with E-state index in [2.05, 4.69) is 5.16 Å². The van der Waals surface area contributed by atoms with E-state index in [1.807, 2.05) is 30.3 Å². The maximum atomic E-state index is 12.1. The fourth-order valence-electron chi connectivity index (χ4n) is 2.19. The Kier molecular flexibility index (Phi) is 3.66. The van der Waals surface area contributed by atoms with Crippen molar-refractivity contribution in [3.63, 3.8) is 0 Å². The van der Waals surface area contributed by atoms with Crippen LogP contribution in [0.3, 0.4) is 0 Å². The van der Waals surface area contributed by atoms with Gasteiger partial charge in [0.1, 0.15) is 5.71 Å².